The van der Waals surface area contributed by atoms with Crippen molar-refractivity contribution in [3.63, 3.8) is 0 Å². The highest BCUT2D eigenvalue weighted by Gasteiger charge is 2.14. The molecule has 1 N–H and O–H groups in total. The van der Waals surface area contributed by atoms with Gasteiger partial charge in [-0.15, -0.1) is 0 Å². The summed E-state index contributed by atoms with van der Waals surface area (Å²) >= 11 is 0. The predicted octanol–water partition coefficient (Wildman–Crippen LogP) is 4.62. The summed E-state index contributed by atoms with van der Waals surface area (Å²) in [6, 6.07) is 17.1. The van der Waals surface area contributed by atoms with Gasteiger partial charge in [0.15, 0.2) is 0 Å². The highest BCUT2D eigenvalue weighted by molar-refractivity contribution is 5.85. The van der Waals surface area contributed by atoms with Gasteiger partial charge >= 0.3 is 0 Å². The second-order valence-electron chi connectivity index (χ2n) is 6.65. The van der Waals surface area contributed by atoms with Crippen molar-refractivity contribution >= 4 is 5.78 Å². The molecule has 2 aromatic carbocycles. The van der Waals surface area contributed by atoms with E-state index in [0.29, 0.717) is 12.5 Å². The zero-order chi connectivity index (χ0) is 16.8. The van der Waals surface area contributed by atoms with Crippen LogP contribution < -0.4 is 5.32 Å². The molecule has 0 spiro atoms. The molecule has 0 radical (unpaired) electrons. The minimum Gasteiger partial charge on any atom is -0.310 e. The summed E-state index contributed by atoms with van der Waals surface area (Å²) in [4.78, 5) is 12.2. The van der Waals surface area contributed by atoms with Crippen molar-refractivity contribution in [1.82, 2.24) is 5.32 Å². The lowest BCUT2D eigenvalue weighted by Gasteiger charge is -2.16. The number of nitrogens with one attached hydrogen (secondary N) is 1. The van der Waals surface area contributed by atoms with Gasteiger partial charge in [0.1, 0.15) is 5.78 Å². The molecule has 23 heavy (non-hydrogen) atoms. The van der Waals surface area contributed by atoms with E-state index in [2.05, 4.69) is 55.6 Å². The molecule has 2 aromatic rings. The number of carbonyl (C=O) groups excluding carboxylic acids is 1. The molecule has 2 heteroatoms. The molecule has 0 atom stereocenters. The van der Waals surface area contributed by atoms with Gasteiger partial charge < -0.3 is 5.32 Å². The molecule has 0 aliphatic heterocycles. The fourth-order valence-corrected chi connectivity index (χ4v) is 2.58. The summed E-state index contributed by atoms with van der Waals surface area (Å²) in [5.74, 6) is 0.358. The van der Waals surface area contributed by atoms with E-state index < -0.39 is 0 Å². The van der Waals surface area contributed by atoms with E-state index in [4.69, 9.17) is 0 Å². The van der Waals surface area contributed by atoms with Gasteiger partial charge in [0.2, 0.25) is 0 Å². The van der Waals surface area contributed by atoms with Gasteiger partial charge in [0.05, 0.1) is 0 Å². The van der Waals surface area contributed by atoms with Crippen LogP contribution >= 0.6 is 0 Å². The van der Waals surface area contributed by atoms with Crippen LogP contribution in [0.3, 0.4) is 0 Å². The van der Waals surface area contributed by atoms with Crippen LogP contribution in [0.5, 0.6) is 0 Å². The zero-order valence-corrected chi connectivity index (χ0v) is 14.6. The fourth-order valence-electron chi connectivity index (χ4n) is 2.58. The fraction of sp³-hybridized carbons (Fsp3) is 0.381. The van der Waals surface area contributed by atoms with Crippen molar-refractivity contribution < 1.29 is 4.79 Å². The first kappa shape index (κ1) is 17.4. The standard InChI is InChI=1S/C21H27NO/c1-15(2)21(23)13-17-9-5-7-11-19(17)20-12-8-6-10-18(20)14-22-16(3)4/h5-12,15-16,22H,13-14H2,1-4H3. The summed E-state index contributed by atoms with van der Waals surface area (Å²) < 4.78 is 0. The Kier molecular flexibility index (Phi) is 6.12. The predicted molar refractivity (Wildman–Crippen MR) is 97.4 cm³/mol. The smallest absolute Gasteiger partial charge is 0.139 e. The molecule has 0 saturated heterocycles. The van der Waals surface area contributed by atoms with Gasteiger partial charge in [0.25, 0.3) is 0 Å². The van der Waals surface area contributed by atoms with Crippen molar-refractivity contribution in [2.75, 3.05) is 0 Å². The molecule has 0 aliphatic rings. The molecular formula is C21H27NO. The third kappa shape index (κ3) is 4.77. The van der Waals surface area contributed by atoms with Gasteiger partial charge in [0, 0.05) is 24.9 Å². The van der Waals surface area contributed by atoms with Crippen LogP contribution in [0.15, 0.2) is 48.5 Å². The first-order valence-corrected chi connectivity index (χ1v) is 8.41. The molecule has 0 aromatic heterocycles. The Labute approximate surface area is 139 Å². The van der Waals surface area contributed by atoms with Gasteiger partial charge in [-0.25, -0.2) is 0 Å². The second kappa shape index (κ2) is 8.07. The lowest BCUT2D eigenvalue weighted by atomic mass is 9.91. The van der Waals surface area contributed by atoms with E-state index in [1.807, 2.05) is 26.0 Å². The topological polar surface area (TPSA) is 29.1 Å². The van der Waals surface area contributed by atoms with Crippen molar-refractivity contribution in [3.05, 3.63) is 59.7 Å². The minimum atomic E-state index is 0.0703. The maximum Gasteiger partial charge on any atom is 0.139 e. The van der Waals surface area contributed by atoms with Crippen LogP contribution in [0, 0.1) is 5.92 Å². The first-order valence-electron chi connectivity index (χ1n) is 8.41. The van der Waals surface area contributed by atoms with E-state index >= 15 is 0 Å². The highest BCUT2D eigenvalue weighted by Crippen LogP contribution is 2.28. The molecule has 0 fully saturated rings. The van der Waals surface area contributed by atoms with Gasteiger partial charge in [-0.3, -0.25) is 4.79 Å². The molecule has 0 heterocycles. The van der Waals surface area contributed by atoms with Crippen LogP contribution in [0.4, 0.5) is 0 Å². The molecule has 2 nitrogen and oxygen atoms in total. The van der Waals surface area contributed by atoms with Crippen molar-refractivity contribution in [2.45, 2.75) is 46.7 Å². The summed E-state index contributed by atoms with van der Waals surface area (Å²) in [5, 5.41) is 3.48. The lowest BCUT2D eigenvalue weighted by Crippen LogP contribution is -2.22. The summed E-state index contributed by atoms with van der Waals surface area (Å²) in [6.45, 7) is 9.06. The van der Waals surface area contributed by atoms with E-state index in [-0.39, 0.29) is 11.7 Å². The van der Waals surface area contributed by atoms with Gasteiger partial charge in [-0.2, -0.15) is 0 Å². The summed E-state index contributed by atoms with van der Waals surface area (Å²) in [5.41, 5.74) is 4.77. The molecule has 0 saturated carbocycles. The van der Waals surface area contributed by atoms with Crippen LogP contribution in [0.25, 0.3) is 11.1 Å². The Morgan fingerprint density at radius 1 is 0.870 bits per heavy atom. The normalized spacial score (nSPS) is 11.2. The Balaban J connectivity index is 2.37. The number of benzene rings is 2. The number of ketones is 1. The first-order chi connectivity index (χ1) is 11.0. The van der Waals surface area contributed by atoms with Crippen LogP contribution in [-0.4, -0.2) is 11.8 Å². The third-order valence-electron chi connectivity index (χ3n) is 4.03. The van der Waals surface area contributed by atoms with E-state index in [9.17, 15) is 4.79 Å². The van der Waals surface area contributed by atoms with Crippen molar-refractivity contribution in [1.29, 1.82) is 0 Å². The number of hydrogen-bond donors (Lipinski definition) is 1. The number of Topliss-reactive ketones (excluding diaryl/α,β-unsaturated/α-hetero) is 1. The SMILES string of the molecule is CC(C)NCc1ccccc1-c1ccccc1CC(=O)C(C)C. The Bertz CT molecular complexity index is 658. The molecule has 2 rings (SSSR count). The third-order valence-corrected chi connectivity index (χ3v) is 4.03. The molecule has 0 amide bonds. The molecule has 122 valence electrons. The van der Waals surface area contributed by atoms with Crippen molar-refractivity contribution in [3.8, 4) is 11.1 Å². The second-order valence-corrected chi connectivity index (χ2v) is 6.65. The zero-order valence-electron chi connectivity index (χ0n) is 14.6. The van der Waals surface area contributed by atoms with Crippen LogP contribution in [0.1, 0.15) is 38.8 Å². The Hall–Kier alpha value is -1.93. The highest BCUT2D eigenvalue weighted by atomic mass is 16.1. The maximum atomic E-state index is 12.2. The van der Waals surface area contributed by atoms with E-state index in [1.54, 1.807) is 0 Å². The number of carbonyl (C=O) groups is 1. The number of hydrogen-bond acceptors (Lipinski definition) is 2. The largest absolute Gasteiger partial charge is 0.310 e. The Morgan fingerprint density at radius 3 is 1.96 bits per heavy atom. The van der Waals surface area contributed by atoms with Crippen molar-refractivity contribution in [2.24, 2.45) is 5.92 Å². The van der Waals surface area contributed by atoms with Gasteiger partial charge in [-0.1, -0.05) is 76.2 Å². The Morgan fingerprint density at radius 2 is 1.39 bits per heavy atom. The van der Waals surface area contributed by atoms with Crippen LogP contribution in [0.2, 0.25) is 0 Å². The molecular weight excluding hydrogens is 282 g/mol. The molecule has 0 aliphatic carbocycles. The lowest BCUT2D eigenvalue weighted by molar-refractivity contribution is -0.121. The monoisotopic (exact) mass is 309 g/mol. The molecule has 0 unspecified atom stereocenters. The van der Waals surface area contributed by atoms with Gasteiger partial charge in [-0.05, 0) is 22.3 Å². The van der Waals surface area contributed by atoms with E-state index in [0.717, 1.165) is 12.1 Å². The quantitative estimate of drug-likeness (QED) is 0.808. The average Bonchev–Trinajstić information content (AvgIpc) is 2.53. The number of rotatable bonds is 7. The van der Waals surface area contributed by atoms with Crippen LogP contribution in [-0.2, 0) is 17.8 Å². The average molecular weight is 309 g/mol. The maximum absolute atomic E-state index is 12.2. The summed E-state index contributed by atoms with van der Waals surface area (Å²) in [6.07, 6.45) is 0.500. The molecule has 0 bridgehead atoms. The minimum absolute atomic E-state index is 0.0703. The van der Waals surface area contributed by atoms with E-state index in [1.165, 1.54) is 16.7 Å². The summed E-state index contributed by atoms with van der Waals surface area (Å²) in [7, 11) is 0.